The molecule has 0 aliphatic rings. The van der Waals surface area contributed by atoms with Gasteiger partial charge in [-0.05, 0) is 12.1 Å². The highest BCUT2D eigenvalue weighted by molar-refractivity contribution is 6.31. The summed E-state index contributed by atoms with van der Waals surface area (Å²) in [6, 6.07) is 5.36. The first-order chi connectivity index (χ1) is 9.08. The highest BCUT2D eigenvalue weighted by Crippen LogP contribution is 2.22. The van der Waals surface area contributed by atoms with Crippen molar-refractivity contribution in [3.8, 4) is 0 Å². The summed E-state index contributed by atoms with van der Waals surface area (Å²) in [4.78, 5) is 22.1. The number of halogens is 1. The van der Waals surface area contributed by atoms with Gasteiger partial charge in [0.1, 0.15) is 5.56 Å². The number of amides is 1. The van der Waals surface area contributed by atoms with Crippen molar-refractivity contribution in [2.75, 3.05) is 0 Å². The number of nitro benzene ring substituents is 1. The molecule has 0 unspecified atom stereocenters. The van der Waals surface area contributed by atoms with Gasteiger partial charge in [0, 0.05) is 17.2 Å². The molecular weight excluding hydrogens is 274 g/mol. The number of nitrogens with one attached hydrogen (secondary N) is 1. The van der Waals surface area contributed by atoms with Crippen molar-refractivity contribution in [1.82, 2.24) is 10.5 Å². The van der Waals surface area contributed by atoms with Gasteiger partial charge in [-0.15, -0.1) is 0 Å². The Morgan fingerprint density at radius 1 is 1.47 bits per heavy atom. The van der Waals surface area contributed by atoms with Crippen LogP contribution in [0.3, 0.4) is 0 Å². The predicted octanol–water partition coefficient (Wildman–Crippen LogP) is 2.17. The van der Waals surface area contributed by atoms with Crippen molar-refractivity contribution in [1.29, 1.82) is 0 Å². The molecule has 1 aromatic heterocycles. The van der Waals surface area contributed by atoms with Crippen LogP contribution in [0.25, 0.3) is 0 Å². The van der Waals surface area contributed by atoms with Crippen LogP contribution < -0.4 is 5.32 Å². The van der Waals surface area contributed by atoms with E-state index in [0.717, 1.165) is 0 Å². The van der Waals surface area contributed by atoms with Crippen molar-refractivity contribution < 1.29 is 14.2 Å². The molecule has 0 aliphatic heterocycles. The lowest BCUT2D eigenvalue weighted by atomic mass is 10.1. The summed E-state index contributed by atoms with van der Waals surface area (Å²) in [6.07, 6.45) is 1.43. The third kappa shape index (κ3) is 3.08. The molecule has 7 nitrogen and oxygen atoms in total. The van der Waals surface area contributed by atoms with E-state index in [9.17, 15) is 14.9 Å². The fourth-order valence-corrected chi connectivity index (χ4v) is 1.62. The molecule has 0 saturated heterocycles. The van der Waals surface area contributed by atoms with Crippen molar-refractivity contribution in [2.24, 2.45) is 0 Å². The minimum atomic E-state index is -0.639. The molecule has 1 aromatic carbocycles. The van der Waals surface area contributed by atoms with Crippen LogP contribution in [-0.4, -0.2) is 16.0 Å². The first kappa shape index (κ1) is 13.0. The number of hydrogen-bond acceptors (Lipinski definition) is 5. The SMILES string of the molecule is O=C(NCc1ccno1)c1cc(Cl)ccc1[N+](=O)[O-]. The quantitative estimate of drug-likeness (QED) is 0.684. The third-order valence-corrected chi connectivity index (χ3v) is 2.55. The van der Waals surface area contributed by atoms with E-state index in [1.54, 1.807) is 6.07 Å². The van der Waals surface area contributed by atoms with E-state index < -0.39 is 10.8 Å². The molecule has 19 heavy (non-hydrogen) atoms. The fourth-order valence-electron chi connectivity index (χ4n) is 1.45. The summed E-state index contributed by atoms with van der Waals surface area (Å²) in [5.74, 6) is -0.163. The summed E-state index contributed by atoms with van der Waals surface area (Å²) < 4.78 is 4.80. The molecule has 1 heterocycles. The lowest BCUT2D eigenvalue weighted by molar-refractivity contribution is -0.385. The van der Waals surface area contributed by atoms with Gasteiger partial charge in [0.15, 0.2) is 5.76 Å². The molecule has 0 atom stereocenters. The highest BCUT2D eigenvalue weighted by Gasteiger charge is 2.20. The first-order valence-electron chi connectivity index (χ1n) is 5.19. The molecule has 0 bridgehead atoms. The molecule has 1 N–H and O–H groups in total. The van der Waals surface area contributed by atoms with E-state index >= 15 is 0 Å². The molecule has 98 valence electrons. The zero-order chi connectivity index (χ0) is 13.8. The largest absolute Gasteiger partial charge is 0.360 e. The molecular formula is C11H8ClN3O4. The molecule has 2 rings (SSSR count). The van der Waals surface area contributed by atoms with Gasteiger partial charge in [0.25, 0.3) is 11.6 Å². The van der Waals surface area contributed by atoms with Gasteiger partial charge in [-0.25, -0.2) is 0 Å². The number of carbonyl (C=O) groups excluding carboxylic acids is 1. The third-order valence-electron chi connectivity index (χ3n) is 2.31. The summed E-state index contributed by atoms with van der Waals surface area (Å²) in [5.41, 5.74) is -0.406. The van der Waals surface area contributed by atoms with Gasteiger partial charge < -0.3 is 9.84 Å². The zero-order valence-corrected chi connectivity index (χ0v) is 10.3. The van der Waals surface area contributed by atoms with Gasteiger partial charge in [-0.2, -0.15) is 0 Å². The van der Waals surface area contributed by atoms with E-state index in [1.807, 2.05) is 0 Å². The second kappa shape index (κ2) is 5.49. The summed E-state index contributed by atoms with van der Waals surface area (Å²) in [6.45, 7) is 0.0858. The second-order valence-electron chi connectivity index (χ2n) is 3.58. The van der Waals surface area contributed by atoms with E-state index in [4.69, 9.17) is 16.1 Å². The van der Waals surface area contributed by atoms with Crippen LogP contribution in [0.4, 0.5) is 5.69 Å². The average Bonchev–Trinajstić information content (AvgIpc) is 2.88. The zero-order valence-electron chi connectivity index (χ0n) is 9.50. The number of benzene rings is 1. The van der Waals surface area contributed by atoms with Crippen LogP contribution in [0.5, 0.6) is 0 Å². The number of carbonyl (C=O) groups is 1. The van der Waals surface area contributed by atoms with Crippen LogP contribution in [-0.2, 0) is 6.54 Å². The van der Waals surface area contributed by atoms with Crippen LogP contribution in [0.2, 0.25) is 5.02 Å². The Balaban J connectivity index is 2.18. The van der Waals surface area contributed by atoms with E-state index in [1.165, 1.54) is 24.4 Å². The highest BCUT2D eigenvalue weighted by atomic mass is 35.5. The molecule has 0 aliphatic carbocycles. The van der Waals surface area contributed by atoms with Crippen LogP contribution >= 0.6 is 11.6 Å². The normalized spacial score (nSPS) is 10.2. The van der Waals surface area contributed by atoms with Crippen LogP contribution in [0.15, 0.2) is 35.0 Å². The van der Waals surface area contributed by atoms with Gasteiger partial charge in [-0.3, -0.25) is 14.9 Å². The van der Waals surface area contributed by atoms with E-state index in [2.05, 4.69) is 10.5 Å². The van der Waals surface area contributed by atoms with Gasteiger partial charge >= 0.3 is 0 Å². The fraction of sp³-hybridized carbons (Fsp3) is 0.0909. The lowest BCUT2D eigenvalue weighted by Crippen LogP contribution is -2.23. The molecule has 8 heteroatoms. The Labute approximate surface area is 112 Å². The van der Waals surface area contributed by atoms with Gasteiger partial charge in [0.2, 0.25) is 0 Å². The Morgan fingerprint density at radius 2 is 2.26 bits per heavy atom. The first-order valence-corrected chi connectivity index (χ1v) is 5.57. The molecule has 0 radical (unpaired) electrons. The van der Waals surface area contributed by atoms with Crippen LogP contribution in [0.1, 0.15) is 16.1 Å². The van der Waals surface area contributed by atoms with Gasteiger partial charge in [-0.1, -0.05) is 16.8 Å². The second-order valence-corrected chi connectivity index (χ2v) is 4.02. The maximum absolute atomic E-state index is 11.9. The number of nitro groups is 1. The minimum absolute atomic E-state index is 0.0858. The number of rotatable bonds is 4. The Kier molecular flexibility index (Phi) is 3.76. The van der Waals surface area contributed by atoms with E-state index in [0.29, 0.717) is 5.76 Å². The summed E-state index contributed by atoms with van der Waals surface area (Å²) in [7, 11) is 0. The number of nitrogens with zero attached hydrogens (tertiary/aromatic N) is 2. The average molecular weight is 282 g/mol. The Bertz CT molecular complexity index is 612. The summed E-state index contributed by atoms with van der Waals surface area (Å²) in [5, 5.41) is 17.0. The number of aromatic nitrogens is 1. The Morgan fingerprint density at radius 3 is 2.89 bits per heavy atom. The van der Waals surface area contributed by atoms with E-state index in [-0.39, 0.29) is 22.8 Å². The maximum atomic E-state index is 11.9. The number of hydrogen-bond donors (Lipinski definition) is 1. The maximum Gasteiger partial charge on any atom is 0.282 e. The predicted molar refractivity (Wildman–Crippen MR) is 65.8 cm³/mol. The molecule has 0 spiro atoms. The Hall–Kier alpha value is -2.41. The monoisotopic (exact) mass is 281 g/mol. The standard InChI is InChI=1S/C11H8ClN3O4/c12-7-1-2-10(15(17)18)9(5-7)11(16)13-6-8-3-4-14-19-8/h1-5H,6H2,(H,13,16). The minimum Gasteiger partial charge on any atom is -0.360 e. The van der Waals surface area contributed by atoms with Crippen molar-refractivity contribution in [2.45, 2.75) is 6.54 Å². The molecule has 1 amide bonds. The summed E-state index contributed by atoms with van der Waals surface area (Å²) >= 11 is 5.73. The van der Waals surface area contributed by atoms with Crippen molar-refractivity contribution >= 4 is 23.2 Å². The van der Waals surface area contributed by atoms with Crippen LogP contribution in [0, 0.1) is 10.1 Å². The van der Waals surface area contributed by atoms with Gasteiger partial charge in [0.05, 0.1) is 17.7 Å². The topological polar surface area (TPSA) is 98.3 Å². The van der Waals surface area contributed by atoms with Crippen molar-refractivity contribution in [3.63, 3.8) is 0 Å². The molecule has 0 saturated carbocycles. The molecule has 2 aromatic rings. The smallest absolute Gasteiger partial charge is 0.282 e. The lowest BCUT2D eigenvalue weighted by Gasteiger charge is -2.04. The van der Waals surface area contributed by atoms with Crippen molar-refractivity contribution in [3.05, 3.63) is 56.9 Å². The molecule has 0 fully saturated rings.